The second-order valence-electron chi connectivity index (χ2n) is 7.47. The molecule has 0 unspecified atom stereocenters. The van der Waals surface area contributed by atoms with Crippen molar-refractivity contribution in [2.75, 3.05) is 18.1 Å². The minimum absolute atomic E-state index is 0.170. The first-order chi connectivity index (χ1) is 15.0. The maximum Gasteiger partial charge on any atom is 0.323 e. The number of fused-ring (bicyclic) bond motifs is 1. The lowest BCUT2D eigenvalue weighted by Gasteiger charge is -2.16. The molecule has 2 heterocycles. The Bertz CT molecular complexity index is 1110. The second-order valence-corrected chi connectivity index (χ2v) is 7.47. The van der Waals surface area contributed by atoms with Gasteiger partial charge in [-0.05, 0) is 35.2 Å². The second kappa shape index (κ2) is 8.71. The number of hydrogen-bond acceptors (Lipinski definition) is 5. The summed E-state index contributed by atoms with van der Waals surface area (Å²) in [5, 5.41) is 25.3. The number of amides is 1. The van der Waals surface area contributed by atoms with Gasteiger partial charge < -0.3 is 15.1 Å². The normalized spacial score (nSPS) is 13.8. The number of aliphatic carboxylic acids is 1. The average Bonchev–Trinajstić information content (AvgIpc) is 3.37. The molecule has 3 N–H and O–H groups in total. The topological polar surface area (TPSA) is 108 Å². The molecular formula is C23H24N4O4. The van der Waals surface area contributed by atoms with Gasteiger partial charge in [0.25, 0.3) is 5.91 Å². The van der Waals surface area contributed by atoms with Gasteiger partial charge in [0.2, 0.25) is 0 Å². The number of carboxylic acid groups (broad SMARTS) is 1. The Balaban J connectivity index is 1.56. The van der Waals surface area contributed by atoms with Crippen LogP contribution in [-0.2, 0) is 24.8 Å². The first kappa shape index (κ1) is 20.8. The van der Waals surface area contributed by atoms with E-state index in [-0.39, 0.29) is 12.5 Å². The first-order valence-electron chi connectivity index (χ1n) is 10.1. The summed E-state index contributed by atoms with van der Waals surface area (Å²) in [4.78, 5) is 26.0. The summed E-state index contributed by atoms with van der Waals surface area (Å²) in [5.41, 5.74) is 5.24. The molecule has 31 heavy (non-hydrogen) atoms. The smallest absolute Gasteiger partial charge is 0.323 e. The molecule has 1 amide bonds. The van der Waals surface area contributed by atoms with Crippen molar-refractivity contribution in [1.82, 2.24) is 15.1 Å². The largest absolute Gasteiger partial charge is 0.480 e. The van der Waals surface area contributed by atoms with Crippen molar-refractivity contribution in [2.45, 2.75) is 19.0 Å². The number of aryl methyl sites for hydroxylation is 1. The Morgan fingerprint density at radius 2 is 1.94 bits per heavy atom. The lowest BCUT2D eigenvalue weighted by molar-refractivity contribution is -0.140. The molecule has 2 aromatic carbocycles. The highest BCUT2D eigenvalue weighted by Gasteiger charge is 2.29. The van der Waals surface area contributed by atoms with Crippen LogP contribution in [0.3, 0.4) is 0 Å². The lowest BCUT2D eigenvalue weighted by atomic mass is 9.98. The Labute approximate surface area is 179 Å². The van der Waals surface area contributed by atoms with E-state index in [4.69, 9.17) is 10.2 Å². The van der Waals surface area contributed by atoms with Gasteiger partial charge in [-0.25, -0.2) is 0 Å². The number of rotatable bonds is 7. The number of aromatic nitrogens is 2. The molecule has 1 aromatic heterocycles. The number of carbonyl (C=O) groups is 2. The summed E-state index contributed by atoms with van der Waals surface area (Å²) >= 11 is 0. The molecule has 1 aliphatic rings. The van der Waals surface area contributed by atoms with Gasteiger partial charge in [0.1, 0.15) is 6.04 Å². The van der Waals surface area contributed by atoms with E-state index in [1.807, 2.05) is 30.3 Å². The fourth-order valence-electron chi connectivity index (χ4n) is 3.91. The quantitative estimate of drug-likeness (QED) is 0.538. The highest BCUT2D eigenvalue weighted by atomic mass is 16.4. The summed E-state index contributed by atoms with van der Waals surface area (Å²) in [7, 11) is 1.70. The Morgan fingerprint density at radius 1 is 1.16 bits per heavy atom. The molecule has 0 spiro atoms. The fourth-order valence-corrected chi connectivity index (χ4v) is 3.91. The minimum Gasteiger partial charge on any atom is -0.480 e. The third-order valence-corrected chi connectivity index (χ3v) is 5.56. The summed E-state index contributed by atoms with van der Waals surface area (Å²) < 4.78 is 1.55. The highest BCUT2D eigenvalue weighted by molar-refractivity contribution is 6.06. The summed E-state index contributed by atoms with van der Waals surface area (Å²) in [6.45, 7) is 0.226. The van der Waals surface area contributed by atoms with Crippen LogP contribution in [0.1, 0.15) is 21.7 Å². The first-order valence-corrected chi connectivity index (χ1v) is 10.1. The molecule has 0 radical (unpaired) electrons. The number of hydrogen-bond donors (Lipinski definition) is 3. The van der Waals surface area contributed by atoms with Gasteiger partial charge in [-0.3, -0.25) is 19.6 Å². The molecule has 1 atom stereocenters. The maximum atomic E-state index is 13.2. The van der Waals surface area contributed by atoms with Gasteiger partial charge in [0.05, 0.1) is 12.3 Å². The van der Waals surface area contributed by atoms with Crippen LogP contribution in [0.5, 0.6) is 0 Å². The zero-order valence-corrected chi connectivity index (χ0v) is 17.2. The Hall–Kier alpha value is -3.49. The molecule has 0 aliphatic carbocycles. The molecular weight excluding hydrogens is 396 g/mol. The molecule has 0 saturated heterocycles. The van der Waals surface area contributed by atoms with E-state index >= 15 is 0 Å². The summed E-state index contributed by atoms with van der Waals surface area (Å²) in [6, 6.07) is 16.7. The number of anilines is 1. The monoisotopic (exact) mass is 420 g/mol. The van der Waals surface area contributed by atoms with Gasteiger partial charge in [-0.15, -0.1) is 0 Å². The van der Waals surface area contributed by atoms with Crippen LogP contribution in [0.4, 0.5) is 5.69 Å². The number of aliphatic hydroxyl groups excluding tert-OH is 1. The van der Waals surface area contributed by atoms with Crippen LogP contribution in [-0.4, -0.2) is 51.1 Å². The van der Waals surface area contributed by atoms with Crippen molar-refractivity contribution in [2.24, 2.45) is 7.05 Å². The summed E-state index contributed by atoms with van der Waals surface area (Å²) in [5.74, 6) is -1.33. The SMILES string of the molecule is Cn1nc(C(=O)N2CCc3c(-c4ccccc4)cccc32)cc1CN[C@H](CO)C(=O)O. The molecule has 3 aromatic rings. The number of nitrogens with one attached hydrogen (secondary N) is 1. The van der Waals surface area contributed by atoms with Crippen molar-refractivity contribution in [1.29, 1.82) is 0 Å². The van der Waals surface area contributed by atoms with Crippen LogP contribution in [0.15, 0.2) is 54.6 Å². The van der Waals surface area contributed by atoms with Crippen LogP contribution < -0.4 is 10.2 Å². The predicted octanol–water partition coefficient (Wildman–Crippen LogP) is 1.83. The van der Waals surface area contributed by atoms with Crippen LogP contribution in [0.25, 0.3) is 11.1 Å². The average molecular weight is 420 g/mol. The van der Waals surface area contributed by atoms with Crippen LogP contribution in [0.2, 0.25) is 0 Å². The molecule has 4 rings (SSSR count). The molecule has 8 nitrogen and oxygen atoms in total. The van der Waals surface area contributed by atoms with Crippen molar-refractivity contribution in [3.05, 3.63) is 71.5 Å². The zero-order valence-electron chi connectivity index (χ0n) is 17.2. The fraction of sp³-hybridized carbons (Fsp3) is 0.261. The van der Waals surface area contributed by atoms with Gasteiger partial charge in [-0.1, -0.05) is 42.5 Å². The van der Waals surface area contributed by atoms with Gasteiger partial charge in [0.15, 0.2) is 5.69 Å². The lowest BCUT2D eigenvalue weighted by Crippen LogP contribution is -2.39. The van der Waals surface area contributed by atoms with Crippen molar-refractivity contribution >= 4 is 17.6 Å². The van der Waals surface area contributed by atoms with Crippen LogP contribution >= 0.6 is 0 Å². The van der Waals surface area contributed by atoms with Gasteiger partial charge in [-0.2, -0.15) is 5.10 Å². The number of carboxylic acids is 1. The molecule has 160 valence electrons. The number of carbonyl (C=O) groups excluding carboxylic acids is 1. The van der Waals surface area contributed by atoms with Crippen molar-refractivity contribution in [3.63, 3.8) is 0 Å². The molecule has 0 saturated carbocycles. The minimum atomic E-state index is -1.14. The van der Waals surface area contributed by atoms with E-state index in [2.05, 4.69) is 28.6 Å². The van der Waals surface area contributed by atoms with Gasteiger partial charge >= 0.3 is 5.97 Å². The van der Waals surface area contributed by atoms with E-state index < -0.39 is 18.6 Å². The van der Waals surface area contributed by atoms with Crippen molar-refractivity contribution < 1.29 is 19.8 Å². The molecule has 0 fully saturated rings. The van der Waals surface area contributed by atoms with E-state index in [0.29, 0.717) is 17.9 Å². The predicted molar refractivity (Wildman–Crippen MR) is 116 cm³/mol. The van der Waals surface area contributed by atoms with Gasteiger partial charge in [0, 0.05) is 25.8 Å². The number of aliphatic hydroxyl groups is 1. The highest BCUT2D eigenvalue weighted by Crippen LogP contribution is 2.36. The molecule has 1 aliphatic heterocycles. The number of nitrogens with zero attached hydrogens (tertiary/aromatic N) is 3. The third-order valence-electron chi connectivity index (χ3n) is 5.56. The zero-order chi connectivity index (χ0) is 22.0. The maximum absolute atomic E-state index is 13.2. The Kier molecular flexibility index (Phi) is 5.83. The third kappa shape index (κ3) is 4.08. The van der Waals surface area contributed by atoms with E-state index in [9.17, 15) is 9.59 Å². The van der Waals surface area contributed by atoms with Crippen molar-refractivity contribution in [3.8, 4) is 11.1 Å². The summed E-state index contributed by atoms with van der Waals surface area (Å²) in [6.07, 6.45) is 0.768. The van der Waals surface area contributed by atoms with E-state index in [0.717, 1.165) is 28.8 Å². The number of benzene rings is 2. The van der Waals surface area contributed by atoms with E-state index in [1.54, 1.807) is 22.7 Å². The Morgan fingerprint density at radius 3 is 2.65 bits per heavy atom. The van der Waals surface area contributed by atoms with E-state index in [1.165, 1.54) is 0 Å². The molecule has 8 heteroatoms. The molecule has 0 bridgehead atoms. The standard InChI is InChI=1S/C23H24N4O4/c1-26-16(13-24-20(14-28)23(30)31)12-19(25-26)22(29)27-11-10-18-17(8-5-9-21(18)27)15-6-3-2-4-7-15/h2-9,12,20,24,28H,10-11,13-14H2,1H3,(H,30,31)/t20-/m1/s1. The van der Waals surface area contributed by atoms with Crippen LogP contribution in [0, 0.1) is 0 Å².